The molecule has 0 aliphatic rings. The second-order valence-corrected chi connectivity index (χ2v) is 5.46. The van der Waals surface area contributed by atoms with E-state index in [1.807, 2.05) is 0 Å². The molecule has 0 aliphatic heterocycles. The number of alkyl halides is 3. The van der Waals surface area contributed by atoms with Crippen molar-refractivity contribution in [3.63, 3.8) is 0 Å². The molecule has 1 aromatic rings. The Bertz CT molecular complexity index is 565. The number of anilines is 1. The highest BCUT2D eigenvalue weighted by Crippen LogP contribution is 2.20. The van der Waals surface area contributed by atoms with Gasteiger partial charge in [0.25, 0.3) is 0 Å². The number of hydrogen-bond donors (Lipinski definition) is 3. The van der Waals surface area contributed by atoms with E-state index in [2.05, 4.69) is 15.4 Å². The predicted octanol–water partition coefficient (Wildman–Crippen LogP) is 2.09. The lowest BCUT2D eigenvalue weighted by Gasteiger charge is -2.15. The molecule has 0 aromatic heterocycles. The fourth-order valence-corrected chi connectivity index (χ4v) is 1.59. The van der Waals surface area contributed by atoms with Crippen molar-refractivity contribution in [3.8, 4) is 5.75 Å². The Morgan fingerprint density at radius 2 is 1.76 bits per heavy atom. The Hall–Kier alpha value is -2.00. The molecule has 0 radical (unpaired) electrons. The van der Waals surface area contributed by atoms with Crippen molar-refractivity contribution in [1.29, 1.82) is 0 Å². The van der Waals surface area contributed by atoms with Crippen LogP contribution < -0.4 is 21.1 Å². The first kappa shape index (κ1) is 23.0. The lowest BCUT2D eigenvalue weighted by molar-refractivity contribution is -0.153. The van der Waals surface area contributed by atoms with Gasteiger partial charge in [0.1, 0.15) is 5.75 Å². The Morgan fingerprint density at radius 3 is 2.24 bits per heavy atom. The summed E-state index contributed by atoms with van der Waals surface area (Å²) in [4.78, 5) is 23.3. The van der Waals surface area contributed by atoms with E-state index in [9.17, 15) is 22.8 Å². The second-order valence-electron chi connectivity index (χ2n) is 5.46. The van der Waals surface area contributed by atoms with Crippen molar-refractivity contribution in [2.75, 3.05) is 18.5 Å². The van der Waals surface area contributed by atoms with E-state index in [-0.39, 0.29) is 30.6 Å². The number of benzene rings is 1. The maximum Gasteiger partial charge on any atom is 0.422 e. The number of hydrogen-bond acceptors (Lipinski definition) is 4. The summed E-state index contributed by atoms with van der Waals surface area (Å²) in [5.41, 5.74) is 6.00. The van der Waals surface area contributed by atoms with Gasteiger partial charge in [-0.05, 0) is 30.2 Å². The molecular weight excluding hydrogens is 363 g/mol. The molecular formula is C15H21ClF3N3O3. The van der Waals surface area contributed by atoms with Crippen molar-refractivity contribution in [1.82, 2.24) is 5.32 Å². The zero-order valence-corrected chi connectivity index (χ0v) is 14.5. The maximum atomic E-state index is 12.0. The molecule has 0 saturated carbocycles. The molecule has 6 nitrogen and oxygen atoms in total. The van der Waals surface area contributed by atoms with Gasteiger partial charge in [-0.2, -0.15) is 13.2 Å². The van der Waals surface area contributed by atoms with E-state index >= 15 is 0 Å². The molecule has 0 heterocycles. The molecule has 1 aromatic carbocycles. The summed E-state index contributed by atoms with van der Waals surface area (Å²) in [5, 5.41) is 4.90. The lowest BCUT2D eigenvalue weighted by atomic mass is 10.1. The van der Waals surface area contributed by atoms with E-state index in [0.717, 1.165) is 0 Å². The number of carbonyl (C=O) groups is 2. The topological polar surface area (TPSA) is 93.5 Å². The van der Waals surface area contributed by atoms with Crippen LogP contribution in [0.25, 0.3) is 0 Å². The zero-order valence-electron chi connectivity index (χ0n) is 13.7. The second kappa shape index (κ2) is 10.1. The normalized spacial score (nSPS) is 12.1. The highest BCUT2D eigenvalue weighted by molar-refractivity contribution is 5.95. The van der Waals surface area contributed by atoms with E-state index in [0.29, 0.717) is 5.69 Å². The van der Waals surface area contributed by atoms with Gasteiger partial charge < -0.3 is 21.1 Å². The average Bonchev–Trinajstić information content (AvgIpc) is 2.50. The van der Waals surface area contributed by atoms with Gasteiger partial charge in [-0.1, -0.05) is 13.8 Å². The molecule has 10 heteroatoms. The fourth-order valence-electron chi connectivity index (χ4n) is 1.59. The molecule has 4 N–H and O–H groups in total. The van der Waals surface area contributed by atoms with Gasteiger partial charge in [-0.15, -0.1) is 12.4 Å². The smallest absolute Gasteiger partial charge is 0.422 e. The average molecular weight is 384 g/mol. The number of carbonyl (C=O) groups excluding carboxylic acids is 2. The minimum absolute atomic E-state index is 0. The largest absolute Gasteiger partial charge is 0.484 e. The molecule has 25 heavy (non-hydrogen) atoms. The first-order valence-corrected chi connectivity index (χ1v) is 7.21. The van der Waals surface area contributed by atoms with Gasteiger partial charge in [0.2, 0.25) is 11.8 Å². The van der Waals surface area contributed by atoms with Crippen LogP contribution >= 0.6 is 12.4 Å². The Kier molecular flexibility index (Phi) is 9.29. The molecule has 1 rings (SSSR count). The lowest BCUT2D eigenvalue weighted by Crippen LogP contribution is -2.46. The number of halogens is 4. The van der Waals surface area contributed by atoms with Crippen molar-refractivity contribution >= 4 is 29.9 Å². The van der Waals surface area contributed by atoms with E-state index in [1.54, 1.807) is 13.8 Å². The summed E-state index contributed by atoms with van der Waals surface area (Å²) in [7, 11) is 0. The van der Waals surface area contributed by atoms with Gasteiger partial charge in [-0.25, -0.2) is 0 Å². The van der Waals surface area contributed by atoms with E-state index in [1.165, 1.54) is 24.3 Å². The molecule has 0 saturated heterocycles. The third-order valence-electron chi connectivity index (χ3n) is 2.98. The first-order valence-electron chi connectivity index (χ1n) is 7.21. The molecule has 0 aliphatic carbocycles. The van der Waals surface area contributed by atoms with Crippen LogP contribution in [0.5, 0.6) is 5.75 Å². The van der Waals surface area contributed by atoms with Crippen LogP contribution in [0.15, 0.2) is 24.3 Å². The fraction of sp³-hybridized carbons (Fsp3) is 0.467. The van der Waals surface area contributed by atoms with E-state index in [4.69, 9.17) is 5.73 Å². The van der Waals surface area contributed by atoms with Crippen molar-refractivity contribution < 1.29 is 27.5 Å². The molecule has 0 bridgehead atoms. The minimum atomic E-state index is -4.41. The highest BCUT2D eigenvalue weighted by atomic mass is 35.5. The van der Waals surface area contributed by atoms with Gasteiger partial charge in [-0.3, -0.25) is 9.59 Å². The Balaban J connectivity index is 0.00000576. The molecule has 1 atom stereocenters. The molecule has 2 amide bonds. The van der Waals surface area contributed by atoms with Gasteiger partial charge in [0.15, 0.2) is 6.61 Å². The number of rotatable bonds is 7. The quantitative estimate of drug-likeness (QED) is 0.672. The Labute approximate surface area is 149 Å². The molecule has 0 unspecified atom stereocenters. The van der Waals surface area contributed by atoms with Crippen molar-refractivity contribution in [2.24, 2.45) is 11.7 Å². The van der Waals surface area contributed by atoms with Crippen LogP contribution in [0.1, 0.15) is 13.8 Å². The third kappa shape index (κ3) is 9.16. The number of amides is 2. The van der Waals surface area contributed by atoms with E-state index < -0.39 is 30.6 Å². The van der Waals surface area contributed by atoms with Crippen LogP contribution in [0.2, 0.25) is 0 Å². The van der Waals surface area contributed by atoms with Gasteiger partial charge in [0.05, 0.1) is 12.6 Å². The minimum Gasteiger partial charge on any atom is -0.484 e. The SMILES string of the molecule is CC(C)[C@H](N)C(=O)NCC(=O)Nc1ccc(OCC(F)(F)F)cc1.Cl. The van der Waals surface area contributed by atoms with Gasteiger partial charge >= 0.3 is 6.18 Å². The summed E-state index contributed by atoms with van der Waals surface area (Å²) < 4.78 is 40.6. The summed E-state index contributed by atoms with van der Waals surface area (Å²) in [6.45, 7) is 1.92. The number of nitrogens with two attached hydrogens (primary N) is 1. The zero-order chi connectivity index (χ0) is 18.3. The van der Waals surface area contributed by atoms with Crippen LogP contribution in [0, 0.1) is 5.92 Å². The monoisotopic (exact) mass is 383 g/mol. The van der Waals surface area contributed by atoms with Gasteiger partial charge in [0, 0.05) is 5.69 Å². The summed E-state index contributed by atoms with van der Waals surface area (Å²) in [6, 6.07) is 4.68. The van der Waals surface area contributed by atoms with Crippen molar-refractivity contribution in [3.05, 3.63) is 24.3 Å². The number of ether oxygens (including phenoxy) is 1. The predicted molar refractivity (Wildman–Crippen MR) is 89.7 cm³/mol. The summed E-state index contributed by atoms with van der Waals surface area (Å²) in [5.74, 6) is -0.946. The Morgan fingerprint density at radius 1 is 1.20 bits per heavy atom. The maximum absolute atomic E-state index is 12.0. The molecule has 142 valence electrons. The third-order valence-corrected chi connectivity index (χ3v) is 2.98. The number of nitrogens with one attached hydrogen (secondary N) is 2. The standard InChI is InChI=1S/C15H20F3N3O3.ClH/c1-9(2)13(19)14(23)20-7-12(22)21-10-3-5-11(6-4-10)24-8-15(16,17)18;/h3-6,9,13H,7-8,19H2,1-2H3,(H,20,23)(H,21,22);1H/t13-;/m0./s1. The molecule has 0 fully saturated rings. The molecule has 0 spiro atoms. The van der Waals surface area contributed by atoms with Crippen LogP contribution in [-0.2, 0) is 9.59 Å². The first-order chi connectivity index (χ1) is 11.1. The highest BCUT2D eigenvalue weighted by Gasteiger charge is 2.28. The van der Waals surface area contributed by atoms with Crippen molar-refractivity contribution in [2.45, 2.75) is 26.1 Å². The summed E-state index contributed by atoms with van der Waals surface area (Å²) in [6.07, 6.45) is -4.41. The van der Waals surface area contributed by atoms with Crippen LogP contribution in [0.3, 0.4) is 0 Å². The van der Waals surface area contributed by atoms with Crippen LogP contribution in [0.4, 0.5) is 18.9 Å². The van der Waals surface area contributed by atoms with Crippen LogP contribution in [-0.4, -0.2) is 37.2 Å². The summed E-state index contributed by atoms with van der Waals surface area (Å²) >= 11 is 0.